The van der Waals surface area contributed by atoms with Gasteiger partial charge in [0, 0.05) is 11.8 Å². The van der Waals surface area contributed by atoms with E-state index in [2.05, 4.69) is 0 Å². The Bertz CT molecular complexity index is 395. The summed E-state index contributed by atoms with van der Waals surface area (Å²) in [6.07, 6.45) is -4.45. The summed E-state index contributed by atoms with van der Waals surface area (Å²) >= 11 is 0.711. The molecular formula is C9H7F3O3S. The van der Waals surface area contributed by atoms with Gasteiger partial charge in [-0.3, -0.25) is 0 Å². The normalized spacial score (nSPS) is 20.3. The van der Waals surface area contributed by atoms with Gasteiger partial charge in [0.1, 0.15) is 4.88 Å². The highest BCUT2D eigenvalue weighted by Crippen LogP contribution is 2.33. The summed E-state index contributed by atoms with van der Waals surface area (Å²) in [5.41, 5.74) is -0.834. The van der Waals surface area contributed by atoms with Crippen LogP contribution in [-0.2, 0) is 15.7 Å². The molecule has 1 aromatic rings. The Morgan fingerprint density at radius 3 is 2.69 bits per heavy atom. The fourth-order valence-electron chi connectivity index (χ4n) is 1.08. The van der Waals surface area contributed by atoms with Gasteiger partial charge in [-0.15, -0.1) is 11.3 Å². The molecule has 0 aromatic carbocycles. The van der Waals surface area contributed by atoms with E-state index in [0.29, 0.717) is 24.4 Å². The van der Waals surface area contributed by atoms with Gasteiger partial charge in [-0.2, -0.15) is 13.2 Å². The summed E-state index contributed by atoms with van der Waals surface area (Å²) in [6.45, 7) is 0.510. The van der Waals surface area contributed by atoms with Crippen molar-refractivity contribution in [2.24, 2.45) is 0 Å². The van der Waals surface area contributed by atoms with Crippen LogP contribution in [0.3, 0.4) is 0 Å². The van der Waals surface area contributed by atoms with Crippen molar-refractivity contribution in [2.45, 2.75) is 18.9 Å². The molecule has 1 fully saturated rings. The van der Waals surface area contributed by atoms with Crippen molar-refractivity contribution in [1.82, 2.24) is 0 Å². The van der Waals surface area contributed by atoms with Gasteiger partial charge in [-0.1, -0.05) is 0 Å². The van der Waals surface area contributed by atoms with Crippen LogP contribution in [0.4, 0.5) is 13.2 Å². The van der Waals surface area contributed by atoms with Crippen LogP contribution in [0, 0.1) is 0 Å². The average Bonchev–Trinajstić information content (AvgIpc) is 2.58. The van der Waals surface area contributed by atoms with E-state index in [0.717, 1.165) is 11.4 Å². The molecule has 0 N–H and O–H groups in total. The van der Waals surface area contributed by atoms with Crippen LogP contribution in [0.2, 0.25) is 0 Å². The molecule has 0 bridgehead atoms. The highest BCUT2D eigenvalue weighted by atomic mass is 32.1. The predicted molar refractivity (Wildman–Crippen MR) is 49.1 cm³/mol. The molecular weight excluding hydrogens is 245 g/mol. The van der Waals surface area contributed by atoms with E-state index in [-0.39, 0.29) is 4.88 Å². The molecule has 7 heteroatoms. The van der Waals surface area contributed by atoms with Gasteiger partial charge in [0.2, 0.25) is 6.29 Å². The fraction of sp³-hybridized carbons (Fsp3) is 0.444. The molecule has 88 valence electrons. The number of carbonyl (C=O) groups excluding carboxylic acids is 1. The molecule has 0 amide bonds. The summed E-state index contributed by atoms with van der Waals surface area (Å²) in [4.78, 5) is 11.3. The first-order valence-corrected chi connectivity index (χ1v) is 5.33. The maximum absolute atomic E-state index is 12.2. The molecule has 2 rings (SSSR count). The Morgan fingerprint density at radius 1 is 1.56 bits per heavy atom. The minimum absolute atomic E-state index is 0.0668. The monoisotopic (exact) mass is 252 g/mol. The van der Waals surface area contributed by atoms with Crippen LogP contribution in [-0.4, -0.2) is 18.9 Å². The highest BCUT2D eigenvalue weighted by molar-refractivity contribution is 7.12. The van der Waals surface area contributed by atoms with Crippen LogP contribution in [0.15, 0.2) is 11.4 Å². The minimum atomic E-state index is -4.43. The van der Waals surface area contributed by atoms with Gasteiger partial charge < -0.3 is 9.47 Å². The van der Waals surface area contributed by atoms with Gasteiger partial charge in [0.05, 0.1) is 12.2 Å². The van der Waals surface area contributed by atoms with E-state index in [1.54, 1.807) is 0 Å². The highest BCUT2D eigenvalue weighted by Gasteiger charge is 2.33. The molecule has 2 heterocycles. The molecule has 0 spiro atoms. The van der Waals surface area contributed by atoms with Gasteiger partial charge >= 0.3 is 12.1 Å². The fourth-order valence-corrected chi connectivity index (χ4v) is 1.87. The van der Waals surface area contributed by atoms with Gasteiger partial charge in [0.25, 0.3) is 0 Å². The topological polar surface area (TPSA) is 35.5 Å². The Kier molecular flexibility index (Phi) is 2.90. The molecule has 1 saturated heterocycles. The quantitative estimate of drug-likeness (QED) is 0.759. The first-order valence-electron chi connectivity index (χ1n) is 4.45. The first kappa shape index (κ1) is 11.4. The predicted octanol–water partition coefficient (Wildman–Crippen LogP) is 2.67. The molecule has 0 saturated carbocycles. The van der Waals surface area contributed by atoms with Crippen LogP contribution in [0.5, 0.6) is 0 Å². The third-order valence-corrected chi connectivity index (χ3v) is 2.93. The summed E-state index contributed by atoms with van der Waals surface area (Å²) in [5, 5.41) is 0.887. The van der Waals surface area contributed by atoms with Crippen LogP contribution in [0.25, 0.3) is 0 Å². The molecule has 1 aliphatic heterocycles. The van der Waals surface area contributed by atoms with Gasteiger partial charge in [-0.25, -0.2) is 4.79 Å². The number of halogens is 3. The van der Waals surface area contributed by atoms with Crippen LogP contribution in [0.1, 0.15) is 21.7 Å². The van der Waals surface area contributed by atoms with Crippen molar-refractivity contribution in [3.8, 4) is 0 Å². The lowest BCUT2D eigenvalue weighted by Gasteiger charge is -2.25. The third kappa shape index (κ3) is 2.35. The zero-order valence-corrected chi connectivity index (χ0v) is 8.73. The maximum atomic E-state index is 12.2. The summed E-state index contributed by atoms with van der Waals surface area (Å²) in [7, 11) is 0. The second-order valence-corrected chi connectivity index (χ2v) is 4.10. The van der Waals surface area contributed by atoms with Crippen molar-refractivity contribution in [2.75, 3.05) is 6.61 Å². The molecule has 1 unspecified atom stereocenters. The molecule has 1 aliphatic rings. The van der Waals surface area contributed by atoms with Gasteiger partial charge in [-0.05, 0) is 6.07 Å². The van der Waals surface area contributed by atoms with Crippen LogP contribution >= 0.6 is 11.3 Å². The molecule has 0 radical (unpaired) electrons. The second kappa shape index (κ2) is 4.06. The van der Waals surface area contributed by atoms with Crippen molar-refractivity contribution < 1.29 is 27.4 Å². The van der Waals surface area contributed by atoms with E-state index >= 15 is 0 Å². The SMILES string of the molecule is O=C(OC1CCO1)c1cc(C(F)(F)F)cs1. The lowest BCUT2D eigenvalue weighted by atomic mass is 10.3. The molecule has 0 aliphatic carbocycles. The molecule has 3 nitrogen and oxygen atoms in total. The summed E-state index contributed by atoms with van der Waals surface area (Å²) in [6, 6.07) is 0.783. The number of alkyl halides is 3. The van der Waals surface area contributed by atoms with Crippen molar-refractivity contribution in [3.63, 3.8) is 0 Å². The third-order valence-electron chi connectivity index (χ3n) is 2.02. The second-order valence-electron chi connectivity index (χ2n) is 3.19. The lowest BCUT2D eigenvalue weighted by Crippen LogP contribution is -2.31. The number of carbonyl (C=O) groups is 1. The number of hydrogen-bond donors (Lipinski definition) is 0. The Balaban J connectivity index is 2.03. The Labute approximate surface area is 92.8 Å². The van der Waals surface area contributed by atoms with Crippen molar-refractivity contribution in [3.05, 3.63) is 21.9 Å². The van der Waals surface area contributed by atoms with Gasteiger partial charge in [0.15, 0.2) is 0 Å². The van der Waals surface area contributed by atoms with E-state index in [9.17, 15) is 18.0 Å². The molecule has 1 aromatic heterocycles. The largest absolute Gasteiger partial charge is 0.431 e. The standard InChI is InChI=1S/C9H7F3O3S/c10-9(11,12)5-3-6(16-4-5)8(13)15-7-1-2-14-7/h3-4,7H,1-2H2. The lowest BCUT2D eigenvalue weighted by molar-refractivity contribution is -0.184. The zero-order chi connectivity index (χ0) is 11.8. The summed E-state index contributed by atoms with van der Waals surface area (Å²) < 4.78 is 46.3. The number of esters is 1. The molecule has 1 atom stereocenters. The van der Waals surface area contributed by atoms with E-state index in [1.165, 1.54) is 0 Å². The Hall–Kier alpha value is -1.08. The number of rotatable bonds is 2. The number of thiophene rings is 1. The van der Waals surface area contributed by atoms with Crippen molar-refractivity contribution >= 4 is 17.3 Å². The number of ether oxygens (including phenoxy) is 2. The zero-order valence-electron chi connectivity index (χ0n) is 7.91. The van der Waals surface area contributed by atoms with E-state index < -0.39 is 24.0 Å². The van der Waals surface area contributed by atoms with E-state index in [4.69, 9.17) is 9.47 Å². The van der Waals surface area contributed by atoms with E-state index in [1.807, 2.05) is 0 Å². The first-order chi connectivity index (χ1) is 7.47. The smallest absolute Gasteiger partial charge is 0.417 e. The molecule has 16 heavy (non-hydrogen) atoms. The van der Waals surface area contributed by atoms with Crippen LogP contribution < -0.4 is 0 Å². The number of hydrogen-bond acceptors (Lipinski definition) is 4. The average molecular weight is 252 g/mol. The summed E-state index contributed by atoms with van der Waals surface area (Å²) in [5.74, 6) is -0.773. The van der Waals surface area contributed by atoms with Crippen molar-refractivity contribution in [1.29, 1.82) is 0 Å². The maximum Gasteiger partial charge on any atom is 0.417 e. The minimum Gasteiger partial charge on any atom is -0.431 e. The Morgan fingerprint density at radius 2 is 2.25 bits per heavy atom.